The van der Waals surface area contributed by atoms with E-state index in [4.69, 9.17) is 0 Å². The van der Waals surface area contributed by atoms with E-state index in [0.717, 1.165) is 44.6 Å². The van der Waals surface area contributed by atoms with E-state index in [9.17, 15) is 4.79 Å². The summed E-state index contributed by atoms with van der Waals surface area (Å²) < 4.78 is 0. The molecule has 5 heteroatoms. The minimum Gasteiger partial charge on any atom is -0.356 e. The fourth-order valence-corrected chi connectivity index (χ4v) is 3.38. The van der Waals surface area contributed by atoms with Gasteiger partial charge in [-0.25, -0.2) is 9.97 Å². The van der Waals surface area contributed by atoms with Crippen LogP contribution < -0.4 is 10.2 Å². The molecule has 0 unspecified atom stereocenters. The van der Waals surface area contributed by atoms with Crippen LogP contribution in [0.15, 0.2) is 12.4 Å². The molecule has 1 aromatic heterocycles. The number of anilines is 1. The average Bonchev–Trinajstić information content (AvgIpc) is 3.36. The zero-order valence-electron chi connectivity index (χ0n) is 13.0. The van der Waals surface area contributed by atoms with E-state index in [1.54, 1.807) is 6.33 Å². The summed E-state index contributed by atoms with van der Waals surface area (Å²) in [6.07, 6.45) is 9.67. The van der Waals surface area contributed by atoms with Gasteiger partial charge in [-0.1, -0.05) is 0 Å². The standard InChI is InChI=1S/C17H24N4O/c22-17(20-14-2-1-3-14)13-6-8-21(9-7-13)16-10-15(12-4-5-12)18-11-19-16/h10-14H,1-9H2,(H,20,22). The van der Waals surface area contributed by atoms with Crippen molar-refractivity contribution >= 4 is 11.7 Å². The van der Waals surface area contributed by atoms with Gasteiger partial charge >= 0.3 is 0 Å². The van der Waals surface area contributed by atoms with Gasteiger partial charge in [0.1, 0.15) is 12.1 Å². The predicted molar refractivity (Wildman–Crippen MR) is 84.7 cm³/mol. The van der Waals surface area contributed by atoms with Crippen LogP contribution in [0.4, 0.5) is 5.82 Å². The summed E-state index contributed by atoms with van der Waals surface area (Å²) in [4.78, 5) is 23.4. The Morgan fingerprint density at radius 1 is 1.09 bits per heavy atom. The number of amides is 1. The largest absolute Gasteiger partial charge is 0.356 e. The van der Waals surface area contributed by atoms with Crippen molar-refractivity contribution in [3.63, 3.8) is 0 Å². The number of piperidine rings is 1. The van der Waals surface area contributed by atoms with E-state index in [1.165, 1.54) is 25.0 Å². The molecule has 5 nitrogen and oxygen atoms in total. The van der Waals surface area contributed by atoms with Crippen molar-refractivity contribution in [3.05, 3.63) is 18.1 Å². The number of hydrogen-bond acceptors (Lipinski definition) is 4. The molecular weight excluding hydrogens is 276 g/mol. The van der Waals surface area contributed by atoms with Gasteiger partial charge in [0.15, 0.2) is 0 Å². The van der Waals surface area contributed by atoms with Crippen LogP contribution in [0.2, 0.25) is 0 Å². The van der Waals surface area contributed by atoms with Crippen LogP contribution in [0, 0.1) is 5.92 Å². The average molecular weight is 300 g/mol. The Labute approximate surface area is 131 Å². The van der Waals surface area contributed by atoms with Crippen LogP contribution in [-0.2, 0) is 4.79 Å². The minimum atomic E-state index is 0.182. The number of carbonyl (C=O) groups excluding carboxylic acids is 1. The summed E-state index contributed by atoms with van der Waals surface area (Å²) in [5, 5.41) is 3.19. The normalized spacial score (nSPS) is 23.2. The first kappa shape index (κ1) is 14.0. The number of rotatable bonds is 4. The van der Waals surface area contributed by atoms with Crippen molar-refractivity contribution in [2.75, 3.05) is 18.0 Å². The molecule has 2 aliphatic carbocycles. The highest BCUT2D eigenvalue weighted by Crippen LogP contribution is 2.39. The van der Waals surface area contributed by atoms with Crippen molar-refractivity contribution in [1.29, 1.82) is 0 Å². The van der Waals surface area contributed by atoms with E-state index < -0.39 is 0 Å². The minimum absolute atomic E-state index is 0.182. The third-order valence-corrected chi connectivity index (χ3v) is 5.31. The van der Waals surface area contributed by atoms with Gasteiger partial charge in [-0.15, -0.1) is 0 Å². The lowest BCUT2D eigenvalue weighted by molar-refractivity contribution is -0.126. The van der Waals surface area contributed by atoms with Gasteiger partial charge in [0.25, 0.3) is 0 Å². The van der Waals surface area contributed by atoms with Gasteiger partial charge in [-0.3, -0.25) is 4.79 Å². The molecule has 1 N–H and O–H groups in total. The summed E-state index contributed by atoms with van der Waals surface area (Å²) in [6, 6.07) is 2.60. The molecule has 3 aliphatic rings. The fraction of sp³-hybridized carbons (Fsp3) is 0.706. The summed E-state index contributed by atoms with van der Waals surface area (Å²) in [5.41, 5.74) is 1.19. The van der Waals surface area contributed by atoms with Crippen LogP contribution >= 0.6 is 0 Å². The van der Waals surface area contributed by atoms with E-state index in [1.807, 2.05) is 0 Å². The Hall–Kier alpha value is -1.65. The molecule has 4 rings (SSSR count). The molecule has 0 atom stereocenters. The molecule has 1 amide bonds. The van der Waals surface area contributed by atoms with Crippen molar-refractivity contribution < 1.29 is 4.79 Å². The zero-order valence-corrected chi connectivity index (χ0v) is 13.0. The summed E-state index contributed by atoms with van der Waals surface area (Å²) in [6.45, 7) is 1.84. The SMILES string of the molecule is O=C(NC1CCC1)C1CCN(c2cc(C3CC3)ncn2)CC1. The molecule has 1 saturated heterocycles. The summed E-state index contributed by atoms with van der Waals surface area (Å²) in [5.74, 6) is 2.15. The smallest absolute Gasteiger partial charge is 0.223 e. The molecule has 3 fully saturated rings. The van der Waals surface area contributed by atoms with E-state index >= 15 is 0 Å². The van der Waals surface area contributed by atoms with Gasteiger partial charge < -0.3 is 10.2 Å². The molecule has 2 saturated carbocycles. The Balaban J connectivity index is 1.33. The first-order valence-corrected chi connectivity index (χ1v) is 8.67. The number of aromatic nitrogens is 2. The maximum Gasteiger partial charge on any atom is 0.223 e. The third kappa shape index (κ3) is 2.94. The fourth-order valence-electron chi connectivity index (χ4n) is 3.38. The van der Waals surface area contributed by atoms with Crippen LogP contribution in [-0.4, -0.2) is 35.0 Å². The first-order valence-electron chi connectivity index (χ1n) is 8.67. The second kappa shape index (κ2) is 5.86. The molecule has 0 aromatic carbocycles. The Morgan fingerprint density at radius 2 is 1.86 bits per heavy atom. The lowest BCUT2D eigenvalue weighted by Gasteiger charge is -2.34. The third-order valence-electron chi connectivity index (χ3n) is 5.31. The molecule has 2 heterocycles. The number of nitrogens with zero attached hydrogens (tertiary/aromatic N) is 3. The molecule has 1 aliphatic heterocycles. The first-order chi connectivity index (χ1) is 10.8. The van der Waals surface area contributed by atoms with Crippen molar-refractivity contribution in [1.82, 2.24) is 15.3 Å². The Kier molecular flexibility index (Phi) is 3.72. The molecule has 0 radical (unpaired) electrons. The highest BCUT2D eigenvalue weighted by molar-refractivity contribution is 5.79. The van der Waals surface area contributed by atoms with Crippen LogP contribution in [0.1, 0.15) is 56.6 Å². The van der Waals surface area contributed by atoms with Crippen molar-refractivity contribution in [3.8, 4) is 0 Å². The maximum atomic E-state index is 12.2. The Bertz CT molecular complexity index is 545. The number of carbonyl (C=O) groups is 1. The van der Waals surface area contributed by atoms with Crippen molar-refractivity contribution in [2.24, 2.45) is 5.92 Å². The van der Waals surface area contributed by atoms with E-state index in [-0.39, 0.29) is 11.8 Å². The second-order valence-electron chi connectivity index (χ2n) is 6.97. The summed E-state index contributed by atoms with van der Waals surface area (Å²) in [7, 11) is 0. The van der Waals surface area contributed by atoms with Crippen LogP contribution in [0.5, 0.6) is 0 Å². The highest BCUT2D eigenvalue weighted by atomic mass is 16.1. The van der Waals surface area contributed by atoms with Gasteiger partial charge in [0.05, 0.1) is 0 Å². The molecule has 0 bridgehead atoms. The van der Waals surface area contributed by atoms with Crippen LogP contribution in [0.3, 0.4) is 0 Å². The van der Waals surface area contributed by atoms with E-state index in [2.05, 4.69) is 26.3 Å². The Morgan fingerprint density at radius 3 is 2.50 bits per heavy atom. The van der Waals surface area contributed by atoms with Crippen LogP contribution in [0.25, 0.3) is 0 Å². The summed E-state index contributed by atoms with van der Waals surface area (Å²) >= 11 is 0. The number of hydrogen-bond donors (Lipinski definition) is 1. The predicted octanol–water partition coefficient (Wildman–Crippen LogP) is 2.24. The van der Waals surface area contributed by atoms with Crippen molar-refractivity contribution in [2.45, 2.75) is 56.9 Å². The second-order valence-corrected chi connectivity index (χ2v) is 6.97. The van der Waals surface area contributed by atoms with Gasteiger partial charge in [-0.2, -0.15) is 0 Å². The lowest BCUT2D eigenvalue weighted by atomic mass is 9.90. The molecule has 0 spiro atoms. The van der Waals surface area contributed by atoms with Gasteiger partial charge in [-0.05, 0) is 44.9 Å². The highest BCUT2D eigenvalue weighted by Gasteiger charge is 2.30. The van der Waals surface area contributed by atoms with E-state index in [0.29, 0.717) is 12.0 Å². The zero-order chi connectivity index (χ0) is 14.9. The quantitative estimate of drug-likeness (QED) is 0.926. The molecule has 118 valence electrons. The van der Waals surface area contributed by atoms with Gasteiger partial charge in [0, 0.05) is 42.7 Å². The molecule has 1 aromatic rings. The topological polar surface area (TPSA) is 58.1 Å². The molecular formula is C17H24N4O. The maximum absolute atomic E-state index is 12.2. The number of nitrogens with one attached hydrogen (secondary N) is 1. The van der Waals surface area contributed by atoms with Gasteiger partial charge in [0.2, 0.25) is 5.91 Å². The monoisotopic (exact) mass is 300 g/mol. The lowest BCUT2D eigenvalue weighted by Crippen LogP contribution is -2.46. The molecule has 22 heavy (non-hydrogen) atoms.